The number of aromatic nitrogens is 3. The fraction of sp³-hybridized carbons (Fsp3) is 0.182. The van der Waals surface area contributed by atoms with E-state index in [1.54, 1.807) is 17.8 Å². The first-order valence-electron chi connectivity index (χ1n) is 5.00. The minimum absolute atomic E-state index is 0.297. The van der Waals surface area contributed by atoms with E-state index in [9.17, 15) is 9.18 Å². The van der Waals surface area contributed by atoms with Crippen LogP contribution in [0.3, 0.4) is 0 Å². The van der Waals surface area contributed by atoms with Gasteiger partial charge < -0.3 is 5.32 Å². The number of hydrogen-bond donors (Lipinski definition) is 1. The molecule has 17 heavy (non-hydrogen) atoms. The molecule has 88 valence electrons. The zero-order valence-electron chi connectivity index (χ0n) is 9.44. The molecule has 0 aliphatic carbocycles. The van der Waals surface area contributed by atoms with Crippen LogP contribution in [0.25, 0.3) is 0 Å². The lowest BCUT2D eigenvalue weighted by Crippen LogP contribution is -2.14. The van der Waals surface area contributed by atoms with E-state index in [2.05, 4.69) is 15.4 Å². The summed E-state index contributed by atoms with van der Waals surface area (Å²) in [6.45, 7) is 1.83. The van der Waals surface area contributed by atoms with Gasteiger partial charge in [-0.25, -0.2) is 4.98 Å². The molecule has 0 bridgehead atoms. The maximum absolute atomic E-state index is 12.6. The molecule has 0 aliphatic heterocycles. The topological polar surface area (TPSA) is 59.8 Å². The van der Waals surface area contributed by atoms with Crippen LogP contribution < -0.4 is 5.32 Å². The van der Waals surface area contributed by atoms with Crippen molar-refractivity contribution in [1.29, 1.82) is 0 Å². The summed E-state index contributed by atoms with van der Waals surface area (Å²) in [5.41, 5.74) is 1.10. The van der Waals surface area contributed by atoms with Crippen LogP contribution in [0.5, 0.6) is 0 Å². The van der Waals surface area contributed by atoms with Crippen molar-refractivity contribution in [3.8, 4) is 0 Å². The fourth-order valence-electron chi connectivity index (χ4n) is 1.43. The van der Waals surface area contributed by atoms with Gasteiger partial charge in [0.1, 0.15) is 5.82 Å². The first kappa shape index (κ1) is 11.3. The van der Waals surface area contributed by atoms with Gasteiger partial charge in [0.25, 0.3) is 5.91 Å². The van der Waals surface area contributed by atoms with Crippen LogP contribution in [0.15, 0.2) is 24.4 Å². The number of halogens is 1. The lowest BCUT2D eigenvalue weighted by Gasteiger charge is -2.04. The van der Waals surface area contributed by atoms with Crippen molar-refractivity contribution in [1.82, 2.24) is 14.8 Å². The third-order valence-corrected chi connectivity index (χ3v) is 2.23. The molecule has 0 aromatic carbocycles. The van der Waals surface area contributed by atoms with Gasteiger partial charge in [-0.1, -0.05) is 0 Å². The van der Waals surface area contributed by atoms with Crippen molar-refractivity contribution in [2.24, 2.45) is 7.05 Å². The molecule has 0 radical (unpaired) electrons. The molecule has 1 N–H and O–H groups in total. The molecule has 0 spiro atoms. The van der Waals surface area contributed by atoms with Gasteiger partial charge in [0.2, 0.25) is 5.95 Å². The summed E-state index contributed by atoms with van der Waals surface area (Å²) in [6.07, 6.45) is 1.19. The van der Waals surface area contributed by atoms with Gasteiger partial charge in [0, 0.05) is 19.3 Å². The zero-order valence-corrected chi connectivity index (χ0v) is 9.44. The van der Waals surface area contributed by atoms with E-state index in [1.807, 2.05) is 6.92 Å². The van der Waals surface area contributed by atoms with Gasteiger partial charge in [-0.3, -0.25) is 9.48 Å². The molecular formula is C11H11FN4O. The van der Waals surface area contributed by atoms with Crippen molar-refractivity contribution in [2.75, 3.05) is 5.32 Å². The van der Waals surface area contributed by atoms with Crippen LogP contribution in [-0.4, -0.2) is 20.7 Å². The number of pyridine rings is 1. The van der Waals surface area contributed by atoms with Gasteiger partial charge in [-0.05, 0) is 19.1 Å². The summed E-state index contributed by atoms with van der Waals surface area (Å²) < 4.78 is 14.1. The molecule has 0 aliphatic rings. The minimum Gasteiger partial charge on any atom is -0.307 e. The quantitative estimate of drug-likeness (QED) is 0.801. The van der Waals surface area contributed by atoms with Crippen LogP contribution in [0.4, 0.5) is 10.2 Å². The fourth-order valence-corrected chi connectivity index (χ4v) is 1.43. The molecule has 0 saturated heterocycles. The third-order valence-electron chi connectivity index (χ3n) is 2.23. The van der Waals surface area contributed by atoms with Crippen LogP contribution >= 0.6 is 0 Å². The summed E-state index contributed by atoms with van der Waals surface area (Å²) in [4.78, 5) is 15.2. The van der Waals surface area contributed by atoms with Crippen LogP contribution in [-0.2, 0) is 7.05 Å². The maximum Gasteiger partial charge on any atom is 0.258 e. The number of rotatable bonds is 2. The Morgan fingerprint density at radius 1 is 1.47 bits per heavy atom. The van der Waals surface area contributed by atoms with Crippen LogP contribution in [0.1, 0.15) is 16.1 Å². The molecule has 0 unspecified atom stereocenters. The summed E-state index contributed by atoms with van der Waals surface area (Å²) >= 11 is 0. The second-order valence-corrected chi connectivity index (χ2v) is 3.62. The maximum atomic E-state index is 12.6. The van der Waals surface area contributed by atoms with E-state index in [-0.39, 0.29) is 5.91 Å². The highest BCUT2D eigenvalue weighted by Crippen LogP contribution is 2.10. The summed E-state index contributed by atoms with van der Waals surface area (Å²) in [6, 6.07) is 4.26. The predicted molar refractivity (Wildman–Crippen MR) is 60.1 cm³/mol. The highest BCUT2D eigenvalue weighted by Gasteiger charge is 2.09. The molecule has 6 heteroatoms. The van der Waals surface area contributed by atoms with E-state index >= 15 is 0 Å². The summed E-state index contributed by atoms with van der Waals surface area (Å²) in [5.74, 6) is -0.379. The number of aryl methyl sites for hydroxylation is 2. The molecule has 5 nitrogen and oxygen atoms in total. The lowest BCUT2D eigenvalue weighted by molar-refractivity contribution is 0.102. The van der Waals surface area contributed by atoms with Gasteiger partial charge >= 0.3 is 0 Å². The van der Waals surface area contributed by atoms with Crippen molar-refractivity contribution in [3.05, 3.63) is 41.6 Å². The Bertz CT molecular complexity index is 547. The smallest absolute Gasteiger partial charge is 0.258 e. The molecular weight excluding hydrogens is 223 g/mol. The second kappa shape index (κ2) is 4.32. The van der Waals surface area contributed by atoms with Crippen molar-refractivity contribution in [3.63, 3.8) is 0 Å². The molecule has 2 heterocycles. The number of nitrogens with one attached hydrogen (secondary N) is 1. The highest BCUT2D eigenvalue weighted by molar-refractivity contribution is 6.03. The predicted octanol–water partition coefficient (Wildman–Crippen LogP) is 1.51. The number of hydrogen-bond acceptors (Lipinski definition) is 3. The largest absolute Gasteiger partial charge is 0.307 e. The van der Waals surface area contributed by atoms with Gasteiger partial charge in [-0.15, -0.1) is 0 Å². The molecule has 2 aromatic rings. The van der Waals surface area contributed by atoms with Crippen molar-refractivity contribution in [2.45, 2.75) is 6.92 Å². The number of amides is 1. The second-order valence-electron chi connectivity index (χ2n) is 3.62. The van der Waals surface area contributed by atoms with E-state index < -0.39 is 5.95 Å². The molecule has 0 fully saturated rings. The molecule has 0 atom stereocenters. The number of anilines is 1. The first-order chi connectivity index (χ1) is 8.06. The Balaban J connectivity index is 2.17. The van der Waals surface area contributed by atoms with Crippen molar-refractivity contribution >= 4 is 11.7 Å². The van der Waals surface area contributed by atoms with Crippen molar-refractivity contribution < 1.29 is 9.18 Å². The summed E-state index contributed by atoms with van der Waals surface area (Å²) in [5, 5.41) is 6.76. The van der Waals surface area contributed by atoms with Gasteiger partial charge in [0.05, 0.1) is 11.3 Å². The monoisotopic (exact) mass is 234 g/mol. The normalized spacial score (nSPS) is 10.3. The number of carbonyl (C=O) groups excluding carboxylic acids is 1. The minimum atomic E-state index is -0.613. The SMILES string of the molecule is Cc1cc(NC(=O)c2ccc(F)nc2)n(C)n1. The Labute approximate surface area is 97.3 Å². The van der Waals surface area contributed by atoms with E-state index in [4.69, 9.17) is 0 Å². The molecule has 2 aromatic heterocycles. The standard InChI is InChI=1S/C11H11FN4O/c1-7-5-10(16(2)15-7)14-11(17)8-3-4-9(12)13-6-8/h3-6H,1-2H3,(H,14,17). The van der Waals surface area contributed by atoms with E-state index in [0.717, 1.165) is 11.8 Å². The van der Waals surface area contributed by atoms with Gasteiger partial charge in [0.15, 0.2) is 0 Å². The highest BCUT2D eigenvalue weighted by atomic mass is 19.1. The Hall–Kier alpha value is -2.24. The average Bonchev–Trinajstić information content (AvgIpc) is 2.58. The average molecular weight is 234 g/mol. The molecule has 0 saturated carbocycles. The first-order valence-corrected chi connectivity index (χ1v) is 5.00. The summed E-state index contributed by atoms with van der Waals surface area (Å²) in [7, 11) is 1.73. The molecule has 2 rings (SSSR count). The Kier molecular flexibility index (Phi) is 2.86. The Morgan fingerprint density at radius 2 is 2.24 bits per heavy atom. The van der Waals surface area contributed by atoms with E-state index in [0.29, 0.717) is 11.4 Å². The third kappa shape index (κ3) is 2.47. The van der Waals surface area contributed by atoms with Crippen LogP contribution in [0.2, 0.25) is 0 Å². The molecule has 1 amide bonds. The number of carbonyl (C=O) groups is 1. The van der Waals surface area contributed by atoms with E-state index in [1.165, 1.54) is 12.3 Å². The lowest BCUT2D eigenvalue weighted by atomic mass is 10.2. The van der Waals surface area contributed by atoms with Gasteiger partial charge in [-0.2, -0.15) is 9.49 Å². The number of nitrogens with zero attached hydrogens (tertiary/aromatic N) is 3. The zero-order chi connectivity index (χ0) is 12.4. The van der Waals surface area contributed by atoms with Crippen LogP contribution in [0, 0.1) is 12.9 Å². The Morgan fingerprint density at radius 3 is 2.76 bits per heavy atom.